The highest BCUT2D eigenvalue weighted by Gasteiger charge is 2.13. The molecule has 0 aliphatic carbocycles. The molecule has 3 rings (SSSR count). The summed E-state index contributed by atoms with van der Waals surface area (Å²) < 4.78 is 7.59. The van der Waals surface area contributed by atoms with Gasteiger partial charge in [-0.25, -0.2) is 9.98 Å². The first kappa shape index (κ1) is 23.9. The van der Waals surface area contributed by atoms with E-state index in [2.05, 4.69) is 70.4 Å². The molecule has 0 aliphatic rings. The van der Waals surface area contributed by atoms with Crippen molar-refractivity contribution < 1.29 is 4.52 Å². The Morgan fingerprint density at radius 2 is 1.90 bits per heavy atom. The lowest BCUT2D eigenvalue weighted by atomic mass is 10.1. The Morgan fingerprint density at radius 1 is 1.10 bits per heavy atom. The summed E-state index contributed by atoms with van der Waals surface area (Å²) >= 11 is 0. The molecule has 0 saturated heterocycles. The van der Waals surface area contributed by atoms with Crippen molar-refractivity contribution in [1.29, 1.82) is 0 Å². The van der Waals surface area contributed by atoms with Crippen LogP contribution in [0.3, 0.4) is 0 Å². The second-order valence-electron chi connectivity index (χ2n) is 6.74. The minimum absolute atomic E-state index is 0. The number of nitrogens with one attached hydrogen (secondary N) is 2. The quantitative estimate of drug-likeness (QED) is 0.253. The zero-order valence-electron chi connectivity index (χ0n) is 17.9. The average Bonchev–Trinajstić information content (AvgIpc) is 3.36. The number of nitrogens with zero attached hydrogens (tertiary/aromatic N) is 4. The highest BCUT2D eigenvalue weighted by atomic mass is 127. The van der Waals surface area contributed by atoms with Gasteiger partial charge in [-0.2, -0.15) is 0 Å². The van der Waals surface area contributed by atoms with E-state index in [0.717, 1.165) is 54.7 Å². The molecule has 0 bridgehead atoms. The number of aliphatic imine (C=N–C) groups is 1. The Hall–Kier alpha value is -2.36. The predicted molar refractivity (Wildman–Crippen MR) is 130 cm³/mol. The van der Waals surface area contributed by atoms with Gasteiger partial charge in [0.15, 0.2) is 5.96 Å². The molecule has 8 heteroatoms. The minimum Gasteiger partial charge on any atom is -0.361 e. The maximum Gasteiger partial charge on any atom is 0.191 e. The van der Waals surface area contributed by atoms with Crippen LogP contribution in [0.25, 0.3) is 0 Å². The smallest absolute Gasteiger partial charge is 0.191 e. The van der Waals surface area contributed by atoms with Gasteiger partial charge in [0.1, 0.15) is 11.6 Å². The number of aromatic nitrogens is 3. The predicted octanol–water partition coefficient (Wildman–Crippen LogP) is 3.92. The molecule has 0 fully saturated rings. The summed E-state index contributed by atoms with van der Waals surface area (Å²) in [5.74, 6) is 2.64. The lowest BCUT2D eigenvalue weighted by molar-refractivity contribution is 0.380. The van der Waals surface area contributed by atoms with Crippen molar-refractivity contribution in [3.8, 4) is 0 Å². The van der Waals surface area contributed by atoms with E-state index in [1.54, 1.807) is 0 Å². The number of benzene rings is 1. The van der Waals surface area contributed by atoms with Crippen molar-refractivity contribution in [2.24, 2.45) is 4.99 Å². The van der Waals surface area contributed by atoms with Crippen LogP contribution in [0.5, 0.6) is 0 Å². The summed E-state index contributed by atoms with van der Waals surface area (Å²) in [7, 11) is 0. The van der Waals surface area contributed by atoms with Crippen LogP contribution in [0.1, 0.15) is 49.2 Å². The van der Waals surface area contributed by atoms with E-state index in [4.69, 9.17) is 9.52 Å². The summed E-state index contributed by atoms with van der Waals surface area (Å²) in [5, 5.41) is 10.9. The van der Waals surface area contributed by atoms with Crippen LogP contribution in [0, 0.1) is 0 Å². The van der Waals surface area contributed by atoms with Crippen molar-refractivity contribution in [3.05, 3.63) is 71.1 Å². The van der Waals surface area contributed by atoms with E-state index in [1.165, 1.54) is 5.56 Å². The second-order valence-corrected chi connectivity index (χ2v) is 6.74. The molecule has 0 spiro atoms. The van der Waals surface area contributed by atoms with Crippen molar-refractivity contribution in [2.45, 2.75) is 53.2 Å². The SMILES string of the molecule is CCNC(=NCc1c(CC)noc1CC)NCc1nccn1Cc1ccccc1.I. The molecule has 0 aliphatic heterocycles. The van der Waals surface area contributed by atoms with Crippen LogP contribution in [-0.2, 0) is 32.5 Å². The molecule has 7 nitrogen and oxygen atoms in total. The van der Waals surface area contributed by atoms with E-state index >= 15 is 0 Å². The van der Waals surface area contributed by atoms with E-state index in [-0.39, 0.29) is 24.0 Å². The fourth-order valence-corrected chi connectivity index (χ4v) is 3.21. The third-order valence-electron chi connectivity index (χ3n) is 4.76. The van der Waals surface area contributed by atoms with Crippen LogP contribution in [-0.4, -0.2) is 27.2 Å². The number of rotatable bonds is 9. The normalized spacial score (nSPS) is 11.2. The van der Waals surface area contributed by atoms with E-state index in [1.807, 2.05) is 18.5 Å². The number of guanidine groups is 1. The number of imidazole rings is 1. The molecule has 0 saturated carbocycles. The van der Waals surface area contributed by atoms with Gasteiger partial charge in [-0.05, 0) is 18.9 Å². The molecule has 2 N–H and O–H groups in total. The monoisotopic (exact) mass is 522 g/mol. The molecule has 162 valence electrons. The zero-order valence-corrected chi connectivity index (χ0v) is 20.2. The Bertz CT molecular complexity index is 897. The van der Waals surface area contributed by atoms with E-state index in [0.29, 0.717) is 13.1 Å². The summed E-state index contributed by atoms with van der Waals surface area (Å²) in [5.41, 5.74) is 3.33. The van der Waals surface area contributed by atoms with Gasteiger partial charge in [-0.1, -0.05) is 49.3 Å². The third kappa shape index (κ3) is 6.32. The number of halogens is 1. The van der Waals surface area contributed by atoms with Gasteiger partial charge in [0.05, 0.1) is 18.8 Å². The van der Waals surface area contributed by atoms with Crippen LogP contribution in [0.2, 0.25) is 0 Å². The van der Waals surface area contributed by atoms with Gasteiger partial charge in [-0.3, -0.25) is 0 Å². The summed E-state index contributed by atoms with van der Waals surface area (Å²) in [6.07, 6.45) is 5.50. The Morgan fingerprint density at radius 3 is 2.60 bits per heavy atom. The molecule has 2 aromatic heterocycles. The maximum absolute atomic E-state index is 5.45. The largest absolute Gasteiger partial charge is 0.361 e. The molecule has 3 aromatic rings. The number of hydrogen-bond donors (Lipinski definition) is 2. The topological polar surface area (TPSA) is 80.3 Å². The van der Waals surface area contributed by atoms with Gasteiger partial charge in [0.2, 0.25) is 0 Å². The van der Waals surface area contributed by atoms with E-state index < -0.39 is 0 Å². The highest BCUT2D eigenvalue weighted by molar-refractivity contribution is 14.0. The average molecular weight is 522 g/mol. The van der Waals surface area contributed by atoms with Crippen molar-refractivity contribution >= 4 is 29.9 Å². The van der Waals surface area contributed by atoms with Crippen molar-refractivity contribution in [3.63, 3.8) is 0 Å². The second kappa shape index (κ2) is 12.4. The van der Waals surface area contributed by atoms with Crippen LogP contribution in [0.15, 0.2) is 52.2 Å². The molecule has 1 aromatic carbocycles. The Labute approximate surface area is 195 Å². The first-order valence-corrected chi connectivity index (χ1v) is 10.3. The van der Waals surface area contributed by atoms with Crippen molar-refractivity contribution in [2.75, 3.05) is 6.54 Å². The molecule has 0 radical (unpaired) electrons. The fraction of sp³-hybridized carbons (Fsp3) is 0.409. The number of hydrogen-bond acceptors (Lipinski definition) is 4. The minimum atomic E-state index is 0. The van der Waals surface area contributed by atoms with Gasteiger partial charge < -0.3 is 19.7 Å². The maximum atomic E-state index is 5.45. The first-order valence-electron chi connectivity index (χ1n) is 10.3. The molecule has 0 unspecified atom stereocenters. The molecule has 2 heterocycles. The lowest BCUT2D eigenvalue weighted by Gasteiger charge is -2.13. The summed E-state index contributed by atoms with van der Waals surface area (Å²) in [6, 6.07) is 10.4. The van der Waals surface area contributed by atoms with Gasteiger partial charge in [0.25, 0.3) is 0 Å². The van der Waals surface area contributed by atoms with Gasteiger partial charge in [-0.15, -0.1) is 24.0 Å². The molecular weight excluding hydrogens is 491 g/mol. The number of aryl methyl sites for hydroxylation is 2. The molecular formula is C22H31IN6O. The van der Waals surface area contributed by atoms with Gasteiger partial charge in [0, 0.05) is 37.5 Å². The van der Waals surface area contributed by atoms with Crippen LogP contribution >= 0.6 is 24.0 Å². The lowest BCUT2D eigenvalue weighted by Crippen LogP contribution is -2.37. The molecule has 0 amide bonds. The fourth-order valence-electron chi connectivity index (χ4n) is 3.21. The van der Waals surface area contributed by atoms with Gasteiger partial charge >= 0.3 is 0 Å². The highest BCUT2D eigenvalue weighted by Crippen LogP contribution is 2.16. The van der Waals surface area contributed by atoms with Crippen LogP contribution < -0.4 is 10.6 Å². The Kier molecular flexibility index (Phi) is 9.85. The summed E-state index contributed by atoms with van der Waals surface area (Å²) in [4.78, 5) is 9.25. The first-order chi connectivity index (χ1) is 14.2. The Balaban J connectivity index is 0.00000320. The van der Waals surface area contributed by atoms with Crippen LogP contribution in [0.4, 0.5) is 0 Å². The molecule has 0 atom stereocenters. The molecule has 30 heavy (non-hydrogen) atoms. The van der Waals surface area contributed by atoms with E-state index in [9.17, 15) is 0 Å². The van der Waals surface area contributed by atoms with Crippen molar-refractivity contribution in [1.82, 2.24) is 25.3 Å². The zero-order chi connectivity index (χ0) is 20.5. The standard InChI is InChI=1S/C22H30N6O.HI/c1-4-19-18(20(5-2)29-27-19)14-25-22(23-6-3)26-15-21-24-12-13-28(21)16-17-10-8-7-9-11-17;/h7-13H,4-6,14-16H2,1-3H3,(H2,23,25,26);1H. The third-order valence-corrected chi connectivity index (χ3v) is 4.76. The summed E-state index contributed by atoms with van der Waals surface area (Å²) in [6.45, 7) is 8.94.